The molecule has 1 atom stereocenters. The van der Waals surface area contributed by atoms with Gasteiger partial charge in [0.1, 0.15) is 5.75 Å². The second-order valence-corrected chi connectivity index (χ2v) is 10.9. The molecule has 3 aromatic rings. The molecule has 2 aliphatic carbocycles. The number of carbonyl (C=O) groups is 3. The van der Waals surface area contributed by atoms with Crippen LogP contribution in [0, 0.1) is 12.3 Å². The third-order valence-corrected chi connectivity index (χ3v) is 7.42. The second-order valence-electron chi connectivity index (χ2n) is 10.9. The molecule has 0 amide bonds. The molecule has 5 nitrogen and oxygen atoms in total. The van der Waals surface area contributed by atoms with E-state index in [2.05, 4.69) is 19.2 Å². The number of fused-ring (bicyclic) bond motifs is 2. The van der Waals surface area contributed by atoms with Gasteiger partial charge in [-0.25, -0.2) is 4.79 Å². The van der Waals surface area contributed by atoms with Crippen molar-refractivity contribution in [3.63, 3.8) is 0 Å². The van der Waals surface area contributed by atoms with E-state index in [1.54, 1.807) is 30.3 Å². The summed E-state index contributed by atoms with van der Waals surface area (Å²) in [6.45, 7) is 6.14. The minimum absolute atomic E-state index is 0.0427. The number of Topliss-reactive ketones (excluding diaryl/α,β-unsaturated/α-hetero) is 2. The number of allylic oxidation sites excluding steroid dienone is 3. The summed E-state index contributed by atoms with van der Waals surface area (Å²) in [5.74, 6) is -0.650. The molecule has 6 rings (SSSR count). The highest BCUT2D eigenvalue weighted by atomic mass is 16.5. The van der Waals surface area contributed by atoms with E-state index in [1.165, 1.54) is 0 Å². The summed E-state index contributed by atoms with van der Waals surface area (Å²) in [6.07, 6.45) is 1.12. The SMILES string of the molecule is Cc1ccc(C(=O)Oc2cccc([C@@H]3C4=C(CC(C)(C)CC4=O)NC4=C3C(=O)c3ccccc34)c2)cc1. The van der Waals surface area contributed by atoms with Crippen molar-refractivity contribution in [1.82, 2.24) is 5.32 Å². The Morgan fingerprint density at radius 2 is 1.62 bits per heavy atom. The Morgan fingerprint density at radius 1 is 0.892 bits per heavy atom. The summed E-state index contributed by atoms with van der Waals surface area (Å²) in [5.41, 5.74) is 6.45. The lowest BCUT2D eigenvalue weighted by Crippen LogP contribution is -2.37. The van der Waals surface area contributed by atoms with Gasteiger partial charge < -0.3 is 10.1 Å². The molecule has 5 heteroatoms. The summed E-state index contributed by atoms with van der Waals surface area (Å²) in [4.78, 5) is 40.0. The van der Waals surface area contributed by atoms with Gasteiger partial charge in [-0.3, -0.25) is 9.59 Å². The van der Waals surface area contributed by atoms with Crippen molar-refractivity contribution in [2.45, 2.75) is 39.5 Å². The zero-order valence-corrected chi connectivity index (χ0v) is 21.1. The van der Waals surface area contributed by atoms with Crippen molar-refractivity contribution < 1.29 is 19.1 Å². The fraction of sp³-hybridized carbons (Fsp3) is 0.219. The van der Waals surface area contributed by atoms with Gasteiger partial charge in [0.2, 0.25) is 0 Å². The number of ketones is 2. The summed E-state index contributed by atoms with van der Waals surface area (Å²) in [6, 6.07) is 22.0. The number of ether oxygens (including phenoxy) is 1. The smallest absolute Gasteiger partial charge is 0.343 e. The summed E-state index contributed by atoms with van der Waals surface area (Å²) in [7, 11) is 0. The Balaban J connectivity index is 1.44. The Kier molecular flexibility index (Phi) is 5.27. The molecule has 184 valence electrons. The third-order valence-electron chi connectivity index (χ3n) is 7.42. The quantitative estimate of drug-likeness (QED) is 0.353. The predicted molar refractivity (Wildman–Crippen MR) is 141 cm³/mol. The fourth-order valence-electron chi connectivity index (χ4n) is 5.74. The maximum Gasteiger partial charge on any atom is 0.343 e. The average molecular weight is 490 g/mol. The molecular formula is C32H27NO4. The molecule has 1 heterocycles. The van der Waals surface area contributed by atoms with Crippen LogP contribution in [0.3, 0.4) is 0 Å². The number of dihydropyridines is 1. The van der Waals surface area contributed by atoms with Crippen LogP contribution in [0.1, 0.15) is 70.0 Å². The van der Waals surface area contributed by atoms with E-state index in [1.807, 2.05) is 49.4 Å². The number of hydrogen-bond acceptors (Lipinski definition) is 5. The Labute approximate surface area is 215 Å². The van der Waals surface area contributed by atoms with Crippen LogP contribution in [-0.4, -0.2) is 17.5 Å². The van der Waals surface area contributed by atoms with Crippen LogP contribution in [0.2, 0.25) is 0 Å². The van der Waals surface area contributed by atoms with Crippen molar-refractivity contribution in [2.75, 3.05) is 0 Å². The first-order chi connectivity index (χ1) is 17.7. The zero-order chi connectivity index (χ0) is 25.9. The number of carbonyl (C=O) groups excluding carboxylic acids is 3. The van der Waals surface area contributed by atoms with Gasteiger partial charge in [0, 0.05) is 40.3 Å². The topological polar surface area (TPSA) is 72.5 Å². The minimum Gasteiger partial charge on any atom is -0.423 e. The van der Waals surface area contributed by atoms with E-state index in [4.69, 9.17) is 4.74 Å². The molecule has 0 spiro atoms. The summed E-state index contributed by atoms with van der Waals surface area (Å²) < 4.78 is 5.71. The van der Waals surface area contributed by atoms with Crippen LogP contribution < -0.4 is 10.1 Å². The highest BCUT2D eigenvalue weighted by Gasteiger charge is 2.46. The number of hydrogen-bond donors (Lipinski definition) is 1. The van der Waals surface area contributed by atoms with Crippen molar-refractivity contribution >= 4 is 23.2 Å². The molecule has 0 aromatic heterocycles. The first-order valence-corrected chi connectivity index (χ1v) is 12.5. The lowest BCUT2D eigenvalue weighted by molar-refractivity contribution is -0.118. The van der Waals surface area contributed by atoms with Gasteiger partial charge in [-0.1, -0.05) is 67.9 Å². The Hall–Kier alpha value is -4.25. The van der Waals surface area contributed by atoms with Crippen LogP contribution in [-0.2, 0) is 4.79 Å². The lowest BCUT2D eigenvalue weighted by Gasteiger charge is -2.39. The first-order valence-electron chi connectivity index (χ1n) is 12.5. The van der Waals surface area contributed by atoms with E-state index >= 15 is 0 Å². The minimum atomic E-state index is -0.534. The Bertz CT molecular complexity index is 1560. The van der Waals surface area contributed by atoms with E-state index in [9.17, 15) is 14.4 Å². The number of esters is 1. The number of nitrogens with one attached hydrogen (secondary N) is 1. The number of benzene rings is 3. The van der Waals surface area contributed by atoms with Crippen molar-refractivity contribution in [2.24, 2.45) is 5.41 Å². The van der Waals surface area contributed by atoms with E-state index in [0.717, 1.165) is 28.1 Å². The standard InChI is InChI=1S/C32H27NO4/c1-18-11-13-19(14-12-18)31(36)37-21-8-6-7-20(15-21)26-27-24(16-32(2,3)17-25(27)34)33-29-22-9-4-5-10-23(22)30(35)28(26)29/h4-15,26,33H,16-17H2,1-3H3/t26-/m1/s1. The average Bonchev–Trinajstić information content (AvgIpc) is 3.14. The predicted octanol–water partition coefficient (Wildman–Crippen LogP) is 6.15. The molecule has 0 unspecified atom stereocenters. The molecule has 0 saturated carbocycles. The van der Waals surface area contributed by atoms with E-state index < -0.39 is 11.9 Å². The normalized spacial score (nSPS) is 19.7. The molecule has 0 saturated heterocycles. The van der Waals surface area contributed by atoms with Crippen molar-refractivity contribution in [3.8, 4) is 5.75 Å². The van der Waals surface area contributed by atoms with E-state index in [0.29, 0.717) is 40.9 Å². The van der Waals surface area contributed by atoms with Gasteiger partial charge in [-0.2, -0.15) is 0 Å². The largest absolute Gasteiger partial charge is 0.423 e. The molecule has 1 aliphatic heterocycles. The maximum absolute atomic E-state index is 13.7. The molecule has 1 N–H and O–H groups in total. The number of aryl methyl sites for hydroxylation is 1. The van der Waals surface area contributed by atoms with Gasteiger partial charge in [0.25, 0.3) is 0 Å². The van der Waals surface area contributed by atoms with Crippen LogP contribution in [0.15, 0.2) is 89.6 Å². The van der Waals surface area contributed by atoms with Gasteiger partial charge in [-0.05, 0) is 48.6 Å². The van der Waals surface area contributed by atoms with Gasteiger partial charge in [0.05, 0.1) is 11.3 Å². The molecule has 0 radical (unpaired) electrons. The second kappa shape index (κ2) is 8.41. The first kappa shape index (κ1) is 23.2. The monoisotopic (exact) mass is 489 g/mol. The van der Waals surface area contributed by atoms with Crippen LogP contribution in [0.4, 0.5) is 0 Å². The molecule has 0 fully saturated rings. The zero-order valence-electron chi connectivity index (χ0n) is 21.1. The van der Waals surface area contributed by atoms with Gasteiger partial charge >= 0.3 is 5.97 Å². The highest BCUT2D eigenvalue weighted by molar-refractivity contribution is 6.23. The van der Waals surface area contributed by atoms with Crippen LogP contribution in [0.25, 0.3) is 5.70 Å². The van der Waals surface area contributed by atoms with Crippen molar-refractivity contribution in [1.29, 1.82) is 0 Å². The number of rotatable bonds is 3. The summed E-state index contributed by atoms with van der Waals surface area (Å²) in [5, 5.41) is 3.49. The molecule has 3 aromatic carbocycles. The summed E-state index contributed by atoms with van der Waals surface area (Å²) >= 11 is 0. The molecule has 37 heavy (non-hydrogen) atoms. The maximum atomic E-state index is 13.7. The molecular weight excluding hydrogens is 462 g/mol. The van der Waals surface area contributed by atoms with Gasteiger partial charge in [0.15, 0.2) is 11.6 Å². The Morgan fingerprint density at radius 3 is 2.38 bits per heavy atom. The van der Waals surface area contributed by atoms with Crippen LogP contribution in [0.5, 0.6) is 5.75 Å². The van der Waals surface area contributed by atoms with Crippen molar-refractivity contribution in [3.05, 3.63) is 117 Å². The fourth-order valence-corrected chi connectivity index (χ4v) is 5.74. The molecule has 0 bridgehead atoms. The van der Waals surface area contributed by atoms with E-state index in [-0.39, 0.29) is 17.0 Å². The molecule has 3 aliphatic rings. The van der Waals surface area contributed by atoms with Crippen LogP contribution >= 0.6 is 0 Å². The highest BCUT2D eigenvalue weighted by Crippen LogP contribution is 2.51. The third kappa shape index (κ3) is 3.91. The lowest BCUT2D eigenvalue weighted by atomic mass is 9.68. The van der Waals surface area contributed by atoms with Gasteiger partial charge in [-0.15, -0.1) is 0 Å².